The van der Waals surface area contributed by atoms with E-state index < -0.39 is 5.41 Å². The summed E-state index contributed by atoms with van der Waals surface area (Å²) in [6.45, 7) is 3.37. The molecule has 9 heteroatoms. The van der Waals surface area contributed by atoms with Gasteiger partial charge in [0.15, 0.2) is 0 Å². The molecule has 2 fully saturated rings. The lowest BCUT2D eigenvalue weighted by Gasteiger charge is -2.40. The van der Waals surface area contributed by atoms with Crippen LogP contribution >= 0.6 is 0 Å². The van der Waals surface area contributed by atoms with E-state index in [-0.39, 0.29) is 11.7 Å². The van der Waals surface area contributed by atoms with Gasteiger partial charge in [-0.2, -0.15) is 0 Å². The predicted molar refractivity (Wildman–Crippen MR) is 136 cm³/mol. The number of pyridine rings is 1. The lowest BCUT2D eigenvalue weighted by atomic mass is 9.77. The molecule has 2 aliphatic heterocycles. The highest BCUT2D eigenvalue weighted by atomic mass is 19.1. The predicted octanol–water partition coefficient (Wildman–Crippen LogP) is 3.53. The van der Waals surface area contributed by atoms with Crippen LogP contribution in [0.25, 0.3) is 0 Å². The van der Waals surface area contributed by atoms with Gasteiger partial charge in [0.25, 0.3) is 0 Å². The number of ether oxygens (including phenoxy) is 1. The summed E-state index contributed by atoms with van der Waals surface area (Å²) in [4.78, 5) is 32.0. The third-order valence-corrected chi connectivity index (χ3v) is 7.70. The number of rotatable bonds is 8. The number of carbonyl (C=O) groups is 1. The molecule has 1 saturated carbocycles. The van der Waals surface area contributed by atoms with Crippen LogP contribution in [-0.4, -0.2) is 57.4 Å². The number of halogens is 1. The zero-order valence-corrected chi connectivity index (χ0v) is 21.0. The number of fused-ring (bicyclic) bond motifs is 2. The van der Waals surface area contributed by atoms with Crippen molar-refractivity contribution in [3.63, 3.8) is 0 Å². The number of carbonyl (C=O) groups excluding carboxylic acids is 1. The molecule has 0 radical (unpaired) electrons. The van der Waals surface area contributed by atoms with Gasteiger partial charge in [-0.25, -0.2) is 19.3 Å². The lowest BCUT2D eigenvalue weighted by Crippen LogP contribution is -2.52. The standard InChI is InChI=1S/C28H31FN6O2/c1-37-24-12-20(8-10-30-24)15-35-17-22-14-32-27(31-13-19-6-7-19)33-25(22)28(26(35)36)9-11-34(18-28)16-21-4-2-3-5-23(21)29/h2-5,8,10,12,14,19H,6-7,9,11,13,15-18H2,1H3,(H,31,32,33). The number of methoxy groups -OCH3 is 1. The first kappa shape index (κ1) is 23.8. The van der Waals surface area contributed by atoms with E-state index >= 15 is 0 Å². The van der Waals surface area contributed by atoms with Crippen molar-refractivity contribution in [3.05, 3.63) is 77.0 Å². The fourth-order valence-electron chi connectivity index (χ4n) is 5.53. The Hall–Kier alpha value is -3.59. The van der Waals surface area contributed by atoms with Gasteiger partial charge in [0, 0.05) is 68.9 Å². The van der Waals surface area contributed by atoms with Crippen LogP contribution in [0.1, 0.15) is 41.6 Å². The molecule has 2 aromatic heterocycles. The Kier molecular flexibility index (Phi) is 6.24. The molecule has 1 amide bonds. The Labute approximate surface area is 215 Å². The smallest absolute Gasteiger partial charge is 0.236 e. The minimum Gasteiger partial charge on any atom is -0.481 e. The second-order valence-corrected chi connectivity index (χ2v) is 10.4. The summed E-state index contributed by atoms with van der Waals surface area (Å²) in [7, 11) is 1.58. The second kappa shape index (κ2) is 9.70. The molecule has 1 aromatic carbocycles. The van der Waals surface area contributed by atoms with Crippen molar-refractivity contribution in [2.24, 2.45) is 5.92 Å². The molecule has 1 spiro atoms. The number of hydrogen-bond donors (Lipinski definition) is 1. The molecule has 1 aliphatic carbocycles. The van der Waals surface area contributed by atoms with Crippen molar-refractivity contribution >= 4 is 11.9 Å². The summed E-state index contributed by atoms with van der Waals surface area (Å²) in [6.07, 6.45) is 6.66. The number of nitrogens with one attached hydrogen (secondary N) is 1. The average molecular weight is 503 g/mol. The van der Waals surface area contributed by atoms with Gasteiger partial charge in [-0.05, 0) is 42.9 Å². The Balaban J connectivity index is 1.31. The molecule has 3 aromatic rings. The van der Waals surface area contributed by atoms with E-state index in [9.17, 15) is 9.18 Å². The number of hydrogen-bond acceptors (Lipinski definition) is 7. The molecule has 1 saturated heterocycles. The van der Waals surface area contributed by atoms with E-state index in [0.717, 1.165) is 23.4 Å². The van der Waals surface area contributed by atoms with Crippen LogP contribution in [0.2, 0.25) is 0 Å². The Morgan fingerprint density at radius 3 is 2.86 bits per heavy atom. The SMILES string of the molecule is COc1cc(CN2Cc3cnc(NCC4CC4)nc3C3(CCN(Cc4ccccc4F)C3)C2=O)ccn1. The minimum atomic E-state index is -0.797. The first-order valence-corrected chi connectivity index (χ1v) is 12.9. The van der Waals surface area contributed by atoms with Gasteiger partial charge in [-0.15, -0.1) is 0 Å². The fraction of sp³-hybridized carbons (Fsp3) is 0.429. The highest BCUT2D eigenvalue weighted by Crippen LogP contribution is 2.42. The average Bonchev–Trinajstić information content (AvgIpc) is 3.66. The third-order valence-electron chi connectivity index (χ3n) is 7.70. The van der Waals surface area contributed by atoms with Gasteiger partial charge in [0.1, 0.15) is 11.2 Å². The molecule has 1 N–H and O–H groups in total. The normalized spacial score (nSPS) is 21.4. The number of anilines is 1. The summed E-state index contributed by atoms with van der Waals surface area (Å²) in [5.74, 6) is 1.62. The van der Waals surface area contributed by atoms with Crippen LogP contribution in [0.5, 0.6) is 5.88 Å². The van der Waals surface area contributed by atoms with Gasteiger partial charge >= 0.3 is 0 Å². The second-order valence-electron chi connectivity index (χ2n) is 10.4. The van der Waals surface area contributed by atoms with E-state index in [1.807, 2.05) is 35.4 Å². The van der Waals surface area contributed by atoms with Crippen LogP contribution < -0.4 is 10.1 Å². The highest BCUT2D eigenvalue weighted by molar-refractivity contribution is 5.90. The van der Waals surface area contributed by atoms with Gasteiger partial charge in [-0.1, -0.05) is 18.2 Å². The molecule has 192 valence electrons. The van der Waals surface area contributed by atoms with Crippen molar-refractivity contribution < 1.29 is 13.9 Å². The van der Waals surface area contributed by atoms with Crippen LogP contribution in [0.4, 0.5) is 10.3 Å². The van der Waals surface area contributed by atoms with Crippen molar-refractivity contribution in [3.8, 4) is 5.88 Å². The molecular weight excluding hydrogens is 471 g/mol. The molecule has 4 heterocycles. The van der Waals surface area contributed by atoms with Gasteiger partial charge in [0.2, 0.25) is 17.7 Å². The van der Waals surface area contributed by atoms with Crippen LogP contribution in [-0.2, 0) is 29.8 Å². The van der Waals surface area contributed by atoms with Crippen LogP contribution in [0, 0.1) is 11.7 Å². The van der Waals surface area contributed by atoms with Gasteiger partial charge < -0.3 is 15.0 Å². The molecule has 8 nitrogen and oxygen atoms in total. The molecule has 37 heavy (non-hydrogen) atoms. The lowest BCUT2D eigenvalue weighted by molar-refractivity contribution is -0.140. The fourth-order valence-corrected chi connectivity index (χ4v) is 5.53. The maximum Gasteiger partial charge on any atom is 0.236 e. The molecule has 6 rings (SSSR count). The van der Waals surface area contributed by atoms with Crippen molar-refractivity contribution in [1.82, 2.24) is 24.8 Å². The van der Waals surface area contributed by atoms with Crippen molar-refractivity contribution in [1.29, 1.82) is 0 Å². The Morgan fingerprint density at radius 2 is 2.05 bits per heavy atom. The maximum atomic E-state index is 14.4. The van der Waals surface area contributed by atoms with E-state index in [2.05, 4.69) is 20.2 Å². The summed E-state index contributed by atoms with van der Waals surface area (Å²) < 4.78 is 19.7. The molecule has 1 atom stereocenters. The van der Waals surface area contributed by atoms with Crippen LogP contribution in [0.15, 0.2) is 48.8 Å². The van der Waals surface area contributed by atoms with E-state index in [4.69, 9.17) is 9.72 Å². The number of amides is 1. The topological polar surface area (TPSA) is 83.5 Å². The summed E-state index contributed by atoms with van der Waals surface area (Å²) in [6, 6.07) is 10.6. The maximum absolute atomic E-state index is 14.4. The Morgan fingerprint density at radius 1 is 1.19 bits per heavy atom. The summed E-state index contributed by atoms with van der Waals surface area (Å²) >= 11 is 0. The summed E-state index contributed by atoms with van der Waals surface area (Å²) in [5.41, 5.74) is 2.56. The van der Waals surface area contributed by atoms with E-state index in [1.165, 1.54) is 18.9 Å². The quantitative estimate of drug-likeness (QED) is 0.505. The van der Waals surface area contributed by atoms with E-state index in [0.29, 0.717) is 62.5 Å². The zero-order valence-electron chi connectivity index (χ0n) is 21.0. The van der Waals surface area contributed by atoms with Crippen molar-refractivity contribution in [2.75, 3.05) is 32.1 Å². The number of likely N-dealkylation sites (tertiary alicyclic amines) is 1. The van der Waals surface area contributed by atoms with Gasteiger partial charge in [-0.3, -0.25) is 9.69 Å². The molecule has 0 bridgehead atoms. The van der Waals surface area contributed by atoms with E-state index in [1.54, 1.807) is 19.4 Å². The third kappa shape index (κ3) is 4.75. The Bertz CT molecular complexity index is 1320. The monoisotopic (exact) mass is 502 g/mol. The first-order chi connectivity index (χ1) is 18.0. The number of nitrogens with zero attached hydrogens (tertiary/aromatic N) is 5. The highest BCUT2D eigenvalue weighted by Gasteiger charge is 2.53. The van der Waals surface area contributed by atoms with Crippen molar-refractivity contribution in [2.45, 2.75) is 44.3 Å². The largest absolute Gasteiger partial charge is 0.481 e. The molecule has 3 aliphatic rings. The zero-order chi connectivity index (χ0) is 25.4. The molecular formula is C28H31FN6O2. The minimum absolute atomic E-state index is 0.0543. The number of aromatic nitrogens is 3. The first-order valence-electron chi connectivity index (χ1n) is 12.9. The number of benzene rings is 1. The van der Waals surface area contributed by atoms with Crippen LogP contribution in [0.3, 0.4) is 0 Å². The molecule has 1 unspecified atom stereocenters. The van der Waals surface area contributed by atoms with Gasteiger partial charge in [0.05, 0.1) is 12.8 Å². The summed E-state index contributed by atoms with van der Waals surface area (Å²) in [5, 5.41) is 3.37.